The van der Waals surface area contributed by atoms with E-state index in [2.05, 4.69) is 40.1 Å². The molecular weight excluding hydrogens is 354 g/mol. The molecule has 1 amide bonds. The minimum atomic E-state index is -1.01. The second-order valence-electron chi connectivity index (χ2n) is 8.64. The molecule has 1 fully saturated rings. The molecule has 7 nitrogen and oxygen atoms in total. The lowest BCUT2D eigenvalue weighted by Gasteiger charge is -2.44. The van der Waals surface area contributed by atoms with Crippen molar-refractivity contribution in [1.29, 1.82) is 5.26 Å². The number of nitriles is 1. The van der Waals surface area contributed by atoms with Crippen LogP contribution in [0.1, 0.15) is 39.7 Å². The summed E-state index contributed by atoms with van der Waals surface area (Å²) >= 11 is 0. The maximum atomic E-state index is 12.4. The first-order valence-corrected chi connectivity index (χ1v) is 9.59. The highest BCUT2D eigenvalue weighted by atomic mass is 16.3. The first-order valence-electron chi connectivity index (χ1n) is 9.59. The Kier molecular flexibility index (Phi) is 5.52. The number of aromatic nitrogens is 2. The summed E-state index contributed by atoms with van der Waals surface area (Å²) in [6.45, 7) is 9.37. The van der Waals surface area contributed by atoms with Crippen LogP contribution in [0.2, 0.25) is 0 Å². The largest absolute Gasteiger partial charge is 0.383 e. The molecule has 2 atom stereocenters. The molecule has 28 heavy (non-hydrogen) atoms. The maximum Gasteiger partial charge on any atom is 0.249 e. The molecule has 1 aromatic carbocycles. The fourth-order valence-corrected chi connectivity index (χ4v) is 3.90. The lowest BCUT2D eigenvalue weighted by molar-refractivity contribution is -0.132. The van der Waals surface area contributed by atoms with Gasteiger partial charge in [-0.1, -0.05) is 27.7 Å². The van der Waals surface area contributed by atoms with E-state index >= 15 is 0 Å². The first kappa shape index (κ1) is 20.0. The number of amides is 1. The predicted octanol–water partition coefficient (Wildman–Crippen LogP) is 2.24. The van der Waals surface area contributed by atoms with Crippen LogP contribution in [0.4, 0.5) is 5.69 Å². The van der Waals surface area contributed by atoms with Crippen LogP contribution >= 0.6 is 0 Å². The number of piperidine rings is 1. The van der Waals surface area contributed by atoms with Gasteiger partial charge in [-0.05, 0) is 29.9 Å². The van der Waals surface area contributed by atoms with Crippen molar-refractivity contribution < 1.29 is 9.90 Å². The Morgan fingerprint density at radius 1 is 1.32 bits per heavy atom. The number of benzene rings is 1. The van der Waals surface area contributed by atoms with Gasteiger partial charge in [0.15, 0.2) is 0 Å². The van der Waals surface area contributed by atoms with Crippen LogP contribution in [0.15, 0.2) is 24.5 Å². The zero-order chi connectivity index (χ0) is 20.5. The molecule has 0 saturated carbocycles. The Balaban J connectivity index is 1.91. The van der Waals surface area contributed by atoms with Crippen molar-refractivity contribution in [3.05, 3.63) is 30.1 Å². The van der Waals surface area contributed by atoms with Gasteiger partial charge in [0.1, 0.15) is 23.2 Å². The van der Waals surface area contributed by atoms with E-state index in [-0.39, 0.29) is 23.3 Å². The Morgan fingerprint density at radius 3 is 2.64 bits per heavy atom. The summed E-state index contributed by atoms with van der Waals surface area (Å²) in [6, 6.07) is 5.75. The molecule has 1 aliphatic heterocycles. The standard InChI is InChI=1S/C21H27N5O2/c1-13(2)19(27)20(28)25-15-9-21(3,4)12-26(11-15)16-6-5-14(10-22)17-18(16)24-8-7-23-17/h5-8,13,15,19,27H,9,11-12H2,1-4H3,(H,25,28)/t15-,19-/m1/s1. The Morgan fingerprint density at radius 2 is 2.00 bits per heavy atom. The van der Waals surface area contributed by atoms with Gasteiger partial charge in [0.05, 0.1) is 11.3 Å². The van der Waals surface area contributed by atoms with Crippen LogP contribution in [0.3, 0.4) is 0 Å². The second-order valence-corrected chi connectivity index (χ2v) is 8.64. The van der Waals surface area contributed by atoms with Crippen molar-refractivity contribution >= 4 is 22.6 Å². The lowest BCUT2D eigenvalue weighted by atomic mass is 9.81. The molecule has 7 heteroatoms. The SMILES string of the molecule is CC(C)[C@@H](O)C(=O)N[C@H]1CN(c2ccc(C#N)c3nccnc23)CC(C)(C)C1. The van der Waals surface area contributed by atoms with Gasteiger partial charge in [0, 0.05) is 31.5 Å². The number of nitrogens with zero attached hydrogens (tertiary/aromatic N) is 4. The highest BCUT2D eigenvalue weighted by Crippen LogP contribution is 2.35. The quantitative estimate of drug-likeness (QED) is 0.842. The summed E-state index contributed by atoms with van der Waals surface area (Å²) in [5.41, 5.74) is 2.63. The molecule has 148 valence electrons. The number of carbonyl (C=O) groups excluding carboxylic acids is 1. The van der Waals surface area contributed by atoms with Crippen molar-refractivity contribution in [3.8, 4) is 6.07 Å². The molecule has 1 aromatic heterocycles. The fraction of sp³-hybridized carbons (Fsp3) is 0.524. The fourth-order valence-electron chi connectivity index (χ4n) is 3.90. The molecule has 3 rings (SSSR count). The molecule has 0 bridgehead atoms. The molecular formula is C21H27N5O2. The van der Waals surface area contributed by atoms with Crippen LogP contribution in [-0.2, 0) is 4.79 Å². The molecule has 1 saturated heterocycles. The van der Waals surface area contributed by atoms with Gasteiger partial charge in [-0.2, -0.15) is 5.26 Å². The summed E-state index contributed by atoms with van der Waals surface area (Å²) in [4.78, 5) is 23.4. The molecule has 0 unspecified atom stereocenters. The average Bonchev–Trinajstić information content (AvgIpc) is 2.64. The lowest BCUT2D eigenvalue weighted by Crippen LogP contribution is -2.55. The van der Waals surface area contributed by atoms with Crippen molar-refractivity contribution in [3.63, 3.8) is 0 Å². The summed E-state index contributed by atoms with van der Waals surface area (Å²) in [5, 5.41) is 22.4. The van der Waals surface area contributed by atoms with Gasteiger partial charge >= 0.3 is 0 Å². The Labute approximate surface area is 165 Å². The first-order chi connectivity index (χ1) is 13.2. The number of nitrogens with one attached hydrogen (secondary N) is 1. The zero-order valence-electron chi connectivity index (χ0n) is 16.8. The van der Waals surface area contributed by atoms with E-state index in [1.54, 1.807) is 18.5 Å². The highest BCUT2D eigenvalue weighted by molar-refractivity contribution is 5.92. The normalized spacial score (nSPS) is 20.0. The third-order valence-electron chi connectivity index (χ3n) is 5.17. The minimum Gasteiger partial charge on any atom is -0.383 e. The molecule has 2 heterocycles. The van der Waals surface area contributed by atoms with E-state index in [0.717, 1.165) is 18.7 Å². The number of hydrogen-bond donors (Lipinski definition) is 2. The predicted molar refractivity (Wildman–Crippen MR) is 108 cm³/mol. The highest BCUT2D eigenvalue weighted by Gasteiger charge is 2.35. The number of carbonyl (C=O) groups is 1. The van der Waals surface area contributed by atoms with Crippen molar-refractivity contribution in [2.75, 3.05) is 18.0 Å². The molecule has 1 aliphatic rings. The third-order valence-corrected chi connectivity index (χ3v) is 5.17. The third kappa shape index (κ3) is 4.07. The number of hydrogen-bond acceptors (Lipinski definition) is 6. The monoisotopic (exact) mass is 381 g/mol. The molecule has 0 spiro atoms. The molecule has 0 radical (unpaired) electrons. The maximum absolute atomic E-state index is 12.4. The Hall–Kier alpha value is -2.72. The van der Waals surface area contributed by atoms with Crippen LogP contribution in [0, 0.1) is 22.7 Å². The number of aliphatic hydroxyl groups excluding tert-OH is 1. The van der Waals surface area contributed by atoms with Crippen molar-refractivity contribution in [2.24, 2.45) is 11.3 Å². The summed E-state index contributed by atoms with van der Waals surface area (Å²) < 4.78 is 0. The van der Waals surface area contributed by atoms with Crippen LogP contribution in [0.25, 0.3) is 11.0 Å². The molecule has 2 N–H and O–H groups in total. The van der Waals surface area contributed by atoms with E-state index in [1.165, 1.54) is 0 Å². The van der Waals surface area contributed by atoms with Gasteiger partial charge in [-0.15, -0.1) is 0 Å². The van der Waals surface area contributed by atoms with E-state index in [4.69, 9.17) is 0 Å². The summed E-state index contributed by atoms with van der Waals surface area (Å²) in [5.74, 6) is -0.465. The molecule has 2 aromatic rings. The topological polar surface area (TPSA) is 102 Å². The van der Waals surface area contributed by atoms with Gasteiger partial charge in [0.2, 0.25) is 5.91 Å². The van der Waals surface area contributed by atoms with Crippen LogP contribution < -0.4 is 10.2 Å². The van der Waals surface area contributed by atoms with Gasteiger partial charge in [0.25, 0.3) is 0 Å². The summed E-state index contributed by atoms with van der Waals surface area (Å²) in [6.07, 6.45) is 3.02. The van der Waals surface area contributed by atoms with Gasteiger partial charge in [-0.3, -0.25) is 14.8 Å². The van der Waals surface area contributed by atoms with Gasteiger partial charge < -0.3 is 15.3 Å². The number of aliphatic hydroxyl groups is 1. The second kappa shape index (κ2) is 7.72. The van der Waals surface area contributed by atoms with Crippen LogP contribution in [0.5, 0.6) is 0 Å². The van der Waals surface area contributed by atoms with Gasteiger partial charge in [-0.25, -0.2) is 0 Å². The number of fused-ring (bicyclic) bond motifs is 1. The van der Waals surface area contributed by atoms with E-state index < -0.39 is 6.10 Å². The molecule has 0 aliphatic carbocycles. The number of rotatable bonds is 4. The Bertz CT molecular complexity index is 919. The minimum absolute atomic E-state index is 0.0403. The van der Waals surface area contributed by atoms with E-state index in [1.807, 2.05) is 19.9 Å². The van der Waals surface area contributed by atoms with Crippen molar-refractivity contribution in [2.45, 2.75) is 46.3 Å². The van der Waals surface area contributed by atoms with E-state index in [0.29, 0.717) is 23.1 Å². The van der Waals surface area contributed by atoms with Crippen molar-refractivity contribution in [1.82, 2.24) is 15.3 Å². The average molecular weight is 381 g/mol. The van der Waals surface area contributed by atoms with Crippen LogP contribution in [-0.4, -0.2) is 46.2 Å². The zero-order valence-corrected chi connectivity index (χ0v) is 16.8. The smallest absolute Gasteiger partial charge is 0.249 e. The summed E-state index contributed by atoms with van der Waals surface area (Å²) in [7, 11) is 0. The number of anilines is 1. The van der Waals surface area contributed by atoms with E-state index in [9.17, 15) is 15.2 Å².